The van der Waals surface area contributed by atoms with Crippen molar-refractivity contribution in [2.75, 3.05) is 0 Å². The first-order valence-corrected chi connectivity index (χ1v) is 5.77. The molecule has 0 aromatic carbocycles. The molecule has 0 spiro atoms. The van der Waals surface area contributed by atoms with Crippen molar-refractivity contribution in [2.24, 2.45) is 17.1 Å². The van der Waals surface area contributed by atoms with E-state index in [4.69, 9.17) is 5.73 Å². The van der Waals surface area contributed by atoms with E-state index in [1.54, 1.807) is 0 Å². The Bertz CT molecular complexity index is 314. The molecular formula is C13H18N2. The lowest BCUT2D eigenvalue weighted by Crippen LogP contribution is -2.37. The number of hydrogen-bond donors (Lipinski definition) is 1. The highest BCUT2D eigenvalue weighted by atomic mass is 14.6. The van der Waals surface area contributed by atoms with Gasteiger partial charge in [0, 0.05) is 6.04 Å². The Balaban J connectivity index is 2.12. The molecule has 0 aromatic heterocycles. The number of hydrogen-bond acceptors (Lipinski definition) is 2. The molecule has 1 atom stereocenters. The summed E-state index contributed by atoms with van der Waals surface area (Å²) in [5.41, 5.74) is 5.76. The first-order valence-electron chi connectivity index (χ1n) is 5.77. The van der Waals surface area contributed by atoms with Crippen molar-refractivity contribution < 1.29 is 0 Å². The Kier molecular flexibility index (Phi) is 2.93. The quantitative estimate of drug-likeness (QED) is 0.710. The zero-order chi connectivity index (χ0) is 10.7. The van der Waals surface area contributed by atoms with Crippen LogP contribution in [0.1, 0.15) is 32.1 Å². The van der Waals surface area contributed by atoms with E-state index in [1.165, 1.54) is 0 Å². The van der Waals surface area contributed by atoms with E-state index in [9.17, 15) is 5.26 Å². The van der Waals surface area contributed by atoms with Crippen molar-refractivity contribution in [1.82, 2.24) is 0 Å². The standard InChI is InChI=1S/C13H18N2/c14-10-13(8-6-12(15)7-9-13)11-4-2-1-3-5-11/h1-4,11-12H,5-9,15H2. The molecule has 0 saturated heterocycles. The molecule has 0 bridgehead atoms. The van der Waals surface area contributed by atoms with Crippen molar-refractivity contribution in [2.45, 2.75) is 38.1 Å². The summed E-state index contributed by atoms with van der Waals surface area (Å²) in [6.45, 7) is 0. The van der Waals surface area contributed by atoms with Gasteiger partial charge in [0.25, 0.3) is 0 Å². The predicted octanol–water partition coefficient (Wildman–Crippen LogP) is 2.53. The zero-order valence-electron chi connectivity index (χ0n) is 9.02. The van der Waals surface area contributed by atoms with E-state index in [0.717, 1.165) is 32.1 Å². The van der Waals surface area contributed by atoms with Crippen molar-refractivity contribution in [3.05, 3.63) is 24.3 Å². The second-order valence-corrected chi connectivity index (χ2v) is 4.76. The summed E-state index contributed by atoms with van der Waals surface area (Å²) in [5, 5.41) is 9.43. The molecule has 0 radical (unpaired) electrons. The minimum absolute atomic E-state index is 0.142. The molecule has 2 nitrogen and oxygen atoms in total. The predicted molar refractivity (Wildman–Crippen MR) is 60.9 cm³/mol. The topological polar surface area (TPSA) is 49.8 Å². The Morgan fingerprint density at radius 2 is 2.00 bits per heavy atom. The monoisotopic (exact) mass is 202 g/mol. The molecule has 1 unspecified atom stereocenters. The summed E-state index contributed by atoms with van der Waals surface area (Å²) < 4.78 is 0. The Morgan fingerprint density at radius 1 is 1.27 bits per heavy atom. The maximum atomic E-state index is 9.43. The molecular weight excluding hydrogens is 184 g/mol. The van der Waals surface area contributed by atoms with Crippen LogP contribution in [0.25, 0.3) is 0 Å². The lowest BCUT2D eigenvalue weighted by Gasteiger charge is -2.38. The highest BCUT2D eigenvalue weighted by Gasteiger charge is 2.40. The van der Waals surface area contributed by atoms with Gasteiger partial charge < -0.3 is 5.73 Å². The maximum Gasteiger partial charge on any atom is 0.0696 e. The summed E-state index contributed by atoms with van der Waals surface area (Å²) in [6, 6.07) is 2.88. The summed E-state index contributed by atoms with van der Waals surface area (Å²) >= 11 is 0. The van der Waals surface area contributed by atoms with Crippen molar-refractivity contribution in [3.63, 3.8) is 0 Å². The van der Waals surface area contributed by atoms with Crippen molar-refractivity contribution >= 4 is 0 Å². The van der Waals surface area contributed by atoms with Crippen LogP contribution < -0.4 is 5.73 Å². The fourth-order valence-electron chi connectivity index (χ4n) is 2.71. The molecule has 1 fully saturated rings. The van der Waals surface area contributed by atoms with Gasteiger partial charge >= 0.3 is 0 Å². The van der Waals surface area contributed by atoms with Gasteiger partial charge in [-0.1, -0.05) is 24.3 Å². The molecule has 0 heterocycles. The largest absolute Gasteiger partial charge is 0.328 e. The van der Waals surface area contributed by atoms with E-state index in [2.05, 4.69) is 30.4 Å². The smallest absolute Gasteiger partial charge is 0.0696 e. The third-order valence-corrected chi connectivity index (χ3v) is 3.84. The molecule has 2 rings (SSSR count). The molecule has 0 aliphatic heterocycles. The zero-order valence-corrected chi connectivity index (χ0v) is 9.02. The van der Waals surface area contributed by atoms with Crippen LogP contribution in [-0.4, -0.2) is 6.04 Å². The average Bonchev–Trinajstić information content (AvgIpc) is 2.32. The Morgan fingerprint density at radius 3 is 2.53 bits per heavy atom. The summed E-state index contributed by atoms with van der Waals surface area (Å²) in [7, 11) is 0. The number of nitriles is 1. The van der Waals surface area contributed by atoms with Gasteiger partial charge in [0.2, 0.25) is 0 Å². The van der Waals surface area contributed by atoms with Crippen LogP contribution in [0.5, 0.6) is 0 Å². The molecule has 2 N–H and O–H groups in total. The van der Waals surface area contributed by atoms with Crippen LogP contribution >= 0.6 is 0 Å². The van der Waals surface area contributed by atoms with E-state index >= 15 is 0 Å². The van der Waals surface area contributed by atoms with Gasteiger partial charge in [0.05, 0.1) is 11.5 Å². The van der Waals surface area contributed by atoms with Crippen LogP contribution in [0.3, 0.4) is 0 Å². The van der Waals surface area contributed by atoms with Crippen LogP contribution in [0.2, 0.25) is 0 Å². The van der Waals surface area contributed by atoms with Gasteiger partial charge in [-0.05, 0) is 38.0 Å². The highest BCUT2D eigenvalue weighted by Crippen LogP contribution is 2.44. The number of nitrogens with two attached hydrogens (primary N) is 1. The fraction of sp³-hybridized carbons (Fsp3) is 0.615. The molecule has 2 heteroatoms. The lowest BCUT2D eigenvalue weighted by atomic mass is 9.64. The molecule has 0 amide bonds. The molecule has 15 heavy (non-hydrogen) atoms. The average molecular weight is 202 g/mol. The minimum Gasteiger partial charge on any atom is -0.328 e. The summed E-state index contributed by atoms with van der Waals surface area (Å²) in [6.07, 6.45) is 13.4. The van der Waals surface area contributed by atoms with Gasteiger partial charge in [-0.15, -0.1) is 0 Å². The second kappa shape index (κ2) is 4.20. The van der Waals surface area contributed by atoms with Crippen LogP contribution in [0, 0.1) is 22.7 Å². The SMILES string of the molecule is N#CC1(C2C=CC=CC2)CCC(N)CC1. The van der Waals surface area contributed by atoms with Gasteiger partial charge in [-0.25, -0.2) is 0 Å². The van der Waals surface area contributed by atoms with Gasteiger partial charge in [-0.3, -0.25) is 0 Å². The van der Waals surface area contributed by atoms with E-state index in [0.29, 0.717) is 12.0 Å². The third-order valence-electron chi connectivity index (χ3n) is 3.84. The first-order chi connectivity index (χ1) is 7.27. The number of allylic oxidation sites excluding steroid dienone is 4. The van der Waals surface area contributed by atoms with Crippen molar-refractivity contribution in [3.8, 4) is 6.07 Å². The van der Waals surface area contributed by atoms with Crippen LogP contribution in [0.15, 0.2) is 24.3 Å². The van der Waals surface area contributed by atoms with E-state index in [-0.39, 0.29) is 5.41 Å². The molecule has 0 aromatic rings. The maximum absolute atomic E-state index is 9.43. The Labute approximate surface area is 91.5 Å². The lowest BCUT2D eigenvalue weighted by molar-refractivity contribution is 0.184. The van der Waals surface area contributed by atoms with Crippen LogP contribution in [0.4, 0.5) is 0 Å². The summed E-state index contributed by atoms with van der Waals surface area (Å²) in [5.74, 6) is 0.403. The minimum atomic E-state index is -0.142. The molecule has 2 aliphatic rings. The molecule has 2 aliphatic carbocycles. The fourth-order valence-corrected chi connectivity index (χ4v) is 2.71. The van der Waals surface area contributed by atoms with E-state index < -0.39 is 0 Å². The third kappa shape index (κ3) is 1.98. The molecule has 80 valence electrons. The second-order valence-electron chi connectivity index (χ2n) is 4.76. The van der Waals surface area contributed by atoms with E-state index in [1.807, 2.05) is 0 Å². The highest BCUT2D eigenvalue weighted by molar-refractivity contribution is 5.19. The Hall–Kier alpha value is -1.07. The normalized spacial score (nSPS) is 40.0. The van der Waals surface area contributed by atoms with Gasteiger partial charge in [-0.2, -0.15) is 5.26 Å². The number of rotatable bonds is 1. The molecule has 1 saturated carbocycles. The first kappa shape index (κ1) is 10.4. The summed E-state index contributed by atoms with van der Waals surface area (Å²) in [4.78, 5) is 0. The number of nitrogens with zero attached hydrogens (tertiary/aromatic N) is 1. The van der Waals surface area contributed by atoms with Gasteiger partial charge in [0.15, 0.2) is 0 Å². The van der Waals surface area contributed by atoms with Gasteiger partial charge in [0.1, 0.15) is 0 Å². The van der Waals surface area contributed by atoms with Crippen molar-refractivity contribution in [1.29, 1.82) is 5.26 Å². The van der Waals surface area contributed by atoms with Crippen LogP contribution in [-0.2, 0) is 0 Å².